The maximum atomic E-state index is 13.8. The van der Waals surface area contributed by atoms with Crippen LogP contribution in [0.3, 0.4) is 0 Å². The second-order valence-corrected chi connectivity index (χ2v) is 14.4. The number of carbonyl (C=O) groups is 2. The van der Waals surface area contributed by atoms with Crippen molar-refractivity contribution in [1.82, 2.24) is 15.5 Å². The molecule has 8 rings (SSSR count). The number of aryl methyl sites for hydroxylation is 1. The fourth-order valence-corrected chi connectivity index (χ4v) is 8.46. The molecular formula is C36H34ClFN6O4S. The van der Waals surface area contributed by atoms with Crippen LogP contribution in [-0.4, -0.2) is 53.8 Å². The second-order valence-electron chi connectivity index (χ2n) is 12.9. The van der Waals surface area contributed by atoms with Gasteiger partial charge in [-0.1, -0.05) is 47.6 Å². The van der Waals surface area contributed by atoms with E-state index in [0.717, 1.165) is 43.5 Å². The summed E-state index contributed by atoms with van der Waals surface area (Å²) in [4.78, 5) is 36.2. The molecule has 10 nitrogen and oxygen atoms in total. The third kappa shape index (κ3) is 5.96. The average molecular weight is 701 g/mol. The number of hydrogen-bond acceptors (Lipinski definition) is 8. The van der Waals surface area contributed by atoms with Gasteiger partial charge >= 0.3 is 6.03 Å². The predicted molar refractivity (Wildman–Crippen MR) is 188 cm³/mol. The van der Waals surface area contributed by atoms with Crippen LogP contribution in [0.4, 0.5) is 20.6 Å². The van der Waals surface area contributed by atoms with Gasteiger partial charge in [-0.2, -0.15) is 0 Å². The number of aliphatic imine (C=N–C) groups is 1. The highest BCUT2D eigenvalue weighted by Gasteiger charge is 2.59. The van der Waals surface area contributed by atoms with Crippen LogP contribution in [0, 0.1) is 12.7 Å². The highest BCUT2D eigenvalue weighted by molar-refractivity contribution is 8.05. The van der Waals surface area contributed by atoms with E-state index in [0.29, 0.717) is 55.7 Å². The summed E-state index contributed by atoms with van der Waals surface area (Å²) in [5, 5.41) is 9.00. The van der Waals surface area contributed by atoms with Crippen LogP contribution in [0.25, 0.3) is 0 Å². The molecule has 252 valence electrons. The van der Waals surface area contributed by atoms with E-state index in [4.69, 9.17) is 21.1 Å². The Kier molecular flexibility index (Phi) is 8.14. The number of halogens is 2. The smallest absolute Gasteiger partial charge is 0.332 e. The largest absolute Gasteiger partial charge is 0.487 e. The number of ether oxygens (including phenoxy) is 2. The SMILES string of the molecule is Cc1cc(Cl)c(OCc2cccc(F)c2)cc1N1C(=O)NC2=C(C(=O)Nc3ccc(CN(C)[C@@H]4CC45CCCO5)cc3)SC3N=CNC1=C23. The number of urea groups is 1. The first-order valence-corrected chi connectivity index (χ1v) is 17.4. The van der Waals surface area contributed by atoms with E-state index < -0.39 is 11.4 Å². The summed E-state index contributed by atoms with van der Waals surface area (Å²) < 4.78 is 25.7. The van der Waals surface area contributed by atoms with E-state index in [1.807, 2.05) is 31.2 Å². The van der Waals surface area contributed by atoms with Gasteiger partial charge < -0.3 is 25.4 Å². The van der Waals surface area contributed by atoms with Crippen LogP contribution >= 0.6 is 23.4 Å². The molecule has 3 amide bonds. The van der Waals surface area contributed by atoms with E-state index in [9.17, 15) is 14.0 Å². The number of anilines is 2. The van der Waals surface area contributed by atoms with Gasteiger partial charge in [0.15, 0.2) is 0 Å². The third-order valence-corrected chi connectivity index (χ3v) is 11.1. The van der Waals surface area contributed by atoms with Crippen LogP contribution in [-0.2, 0) is 22.7 Å². The molecule has 1 aliphatic carbocycles. The highest BCUT2D eigenvalue weighted by atomic mass is 35.5. The lowest BCUT2D eigenvalue weighted by Gasteiger charge is -2.35. The van der Waals surface area contributed by atoms with Gasteiger partial charge in [0.2, 0.25) is 0 Å². The fraction of sp³-hybridized carbons (Fsp3) is 0.306. The summed E-state index contributed by atoms with van der Waals surface area (Å²) in [7, 11) is 2.14. The van der Waals surface area contributed by atoms with Gasteiger partial charge in [-0.3, -0.25) is 14.7 Å². The van der Waals surface area contributed by atoms with Crippen LogP contribution in [0.2, 0.25) is 5.02 Å². The van der Waals surface area contributed by atoms with Crippen molar-refractivity contribution in [3.63, 3.8) is 0 Å². The Hall–Kier alpha value is -4.36. The highest BCUT2D eigenvalue weighted by Crippen LogP contribution is 2.51. The second kappa shape index (κ2) is 12.5. The molecule has 0 aromatic heterocycles. The number of nitrogens with one attached hydrogen (secondary N) is 3. The molecule has 0 radical (unpaired) electrons. The van der Waals surface area contributed by atoms with E-state index in [1.165, 1.54) is 35.1 Å². The maximum Gasteiger partial charge on any atom is 0.332 e. The van der Waals surface area contributed by atoms with E-state index in [2.05, 4.69) is 32.9 Å². The van der Waals surface area contributed by atoms with Gasteiger partial charge in [0.25, 0.3) is 5.91 Å². The Bertz CT molecular complexity index is 1960. The van der Waals surface area contributed by atoms with E-state index >= 15 is 0 Å². The van der Waals surface area contributed by atoms with E-state index in [-0.39, 0.29) is 23.9 Å². The van der Waals surface area contributed by atoms with Crippen molar-refractivity contribution in [2.75, 3.05) is 23.9 Å². The first-order valence-electron chi connectivity index (χ1n) is 16.2. The zero-order chi connectivity index (χ0) is 33.9. The molecule has 5 aliphatic rings. The van der Waals surface area contributed by atoms with Crippen molar-refractivity contribution in [3.8, 4) is 5.75 Å². The lowest BCUT2D eigenvalue weighted by Crippen LogP contribution is -2.50. The molecule has 1 saturated carbocycles. The van der Waals surface area contributed by atoms with Crippen molar-refractivity contribution >= 4 is 53.0 Å². The van der Waals surface area contributed by atoms with Crippen LogP contribution < -0.4 is 25.6 Å². The van der Waals surface area contributed by atoms with Gasteiger partial charge in [0, 0.05) is 30.9 Å². The summed E-state index contributed by atoms with van der Waals surface area (Å²) >= 11 is 7.81. The van der Waals surface area contributed by atoms with Crippen molar-refractivity contribution in [3.05, 3.63) is 110 Å². The molecule has 0 bridgehead atoms. The summed E-state index contributed by atoms with van der Waals surface area (Å²) in [5.74, 6) is 0.137. The quantitative estimate of drug-likeness (QED) is 0.237. The number of rotatable bonds is 9. The Morgan fingerprint density at radius 1 is 1.22 bits per heavy atom. The maximum absolute atomic E-state index is 13.8. The van der Waals surface area contributed by atoms with Gasteiger partial charge in [-0.15, -0.1) is 0 Å². The fourth-order valence-electron chi connectivity index (χ4n) is 7.06. The van der Waals surface area contributed by atoms with Crippen molar-refractivity contribution in [1.29, 1.82) is 0 Å². The van der Waals surface area contributed by atoms with E-state index in [1.54, 1.807) is 24.3 Å². The van der Waals surface area contributed by atoms with Crippen LogP contribution in [0.1, 0.15) is 36.0 Å². The topological polar surface area (TPSA) is 108 Å². The summed E-state index contributed by atoms with van der Waals surface area (Å²) in [6.07, 6.45) is 4.90. The van der Waals surface area contributed by atoms with Gasteiger partial charge in [-0.05, 0) is 80.3 Å². The van der Waals surface area contributed by atoms with Crippen molar-refractivity contribution in [2.45, 2.75) is 56.4 Å². The zero-order valence-corrected chi connectivity index (χ0v) is 28.5. The first-order chi connectivity index (χ1) is 23.7. The molecule has 3 atom stereocenters. The average Bonchev–Trinajstić information content (AvgIpc) is 3.37. The van der Waals surface area contributed by atoms with Crippen LogP contribution in [0.15, 0.2) is 87.7 Å². The summed E-state index contributed by atoms with van der Waals surface area (Å²) in [6.45, 7) is 3.59. The molecule has 3 aromatic rings. The minimum absolute atomic E-state index is 0.0600. The summed E-state index contributed by atoms with van der Waals surface area (Å²) in [6, 6.07) is 17.4. The molecule has 2 unspecified atom stereocenters. The summed E-state index contributed by atoms with van der Waals surface area (Å²) in [5.41, 5.74) is 4.87. The van der Waals surface area contributed by atoms with Crippen molar-refractivity contribution in [2.24, 2.45) is 4.99 Å². The number of hydrogen-bond donors (Lipinski definition) is 3. The Morgan fingerprint density at radius 2 is 2.06 bits per heavy atom. The molecular weight excluding hydrogens is 667 g/mol. The minimum atomic E-state index is -0.460. The van der Waals surface area contributed by atoms with Crippen LogP contribution in [0.5, 0.6) is 5.75 Å². The lowest BCUT2D eigenvalue weighted by atomic mass is 10.1. The molecule has 3 N–H and O–H groups in total. The van der Waals surface area contributed by atoms with Gasteiger partial charge in [0.05, 0.1) is 38.8 Å². The molecule has 3 aromatic carbocycles. The Morgan fingerprint density at radius 3 is 2.84 bits per heavy atom. The van der Waals surface area contributed by atoms with Gasteiger partial charge in [-0.25, -0.2) is 14.1 Å². The predicted octanol–water partition coefficient (Wildman–Crippen LogP) is 6.42. The molecule has 13 heteroatoms. The molecule has 49 heavy (non-hydrogen) atoms. The Balaban J connectivity index is 1.00. The number of nitrogens with zero attached hydrogens (tertiary/aromatic N) is 3. The Labute approximate surface area is 292 Å². The first kappa shape index (κ1) is 31.9. The molecule has 4 aliphatic heterocycles. The zero-order valence-electron chi connectivity index (χ0n) is 26.9. The molecule has 1 saturated heterocycles. The van der Waals surface area contributed by atoms with Gasteiger partial charge in [0.1, 0.15) is 29.4 Å². The molecule has 4 heterocycles. The number of thioether (sulfide) groups is 1. The van der Waals surface area contributed by atoms with Crippen molar-refractivity contribution < 1.29 is 23.5 Å². The lowest BCUT2D eigenvalue weighted by molar-refractivity contribution is -0.112. The minimum Gasteiger partial charge on any atom is -0.487 e. The number of likely N-dealkylation sites (N-methyl/N-ethyl adjacent to an activating group) is 1. The molecule has 2 fully saturated rings. The number of carbonyl (C=O) groups excluding carboxylic acids is 2. The molecule has 1 spiro atoms. The third-order valence-electron chi connectivity index (χ3n) is 9.57. The number of amides is 3. The normalized spacial score (nSPS) is 23.6. The standard InChI is InChI=1S/C36H34ClFN6O4S/c1-20-13-25(37)27(47-18-22-5-3-6-23(38)14-22)15-26(20)44-32-29-30(42-35(44)46)31(49-34(29)40-19-39-32)33(45)41-24-9-7-21(8-10-24)17-43(2)28-16-36(28)11-4-12-48-36/h3,5-10,13-15,19,28,34H,4,11-12,16-18H2,1-2H3,(H,39,40)(H,41,45)(H,42,46)/t28-,34?,36?/m1/s1. The monoisotopic (exact) mass is 700 g/mol. The number of benzene rings is 3.